The van der Waals surface area contributed by atoms with Gasteiger partial charge >= 0.3 is 0 Å². The molecule has 0 radical (unpaired) electrons. The minimum Gasteiger partial charge on any atom is -0.353 e. The minimum absolute atomic E-state index is 0.167. The van der Waals surface area contributed by atoms with Crippen molar-refractivity contribution in [2.75, 3.05) is 13.1 Å². The first-order chi connectivity index (χ1) is 6.70. The zero-order valence-corrected chi connectivity index (χ0v) is 8.21. The average molecular weight is 196 g/mol. The van der Waals surface area contributed by atoms with Crippen LogP contribution in [0.15, 0.2) is 25.3 Å². The normalized spacial score (nSPS) is 8.86. The van der Waals surface area contributed by atoms with Gasteiger partial charge in [-0.3, -0.25) is 9.59 Å². The lowest BCUT2D eigenvalue weighted by atomic mass is 10.3. The highest BCUT2D eigenvalue weighted by Gasteiger charge is 1.94. The van der Waals surface area contributed by atoms with Crippen molar-refractivity contribution in [1.29, 1.82) is 0 Å². The van der Waals surface area contributed by atoms with Crippen molar-refractivity contribution in [3.8, 4) is 0 Å². The SMILES string of the molecule is C=CC(=O)NCCCCNC(=O)C=C. The molecule has 0 fully saturated rings. The second kappa shape index (κ2) is 8.04. The standard InChI is InChI=1S/C10H16N2O2/c1-3-9(13)11-7-5-6-8-12-10(14)4-2/h3-4H,1-2,5-8H2,(H,11,13)(H,12,14). The predicted molar refractivity (Wildman–Crippen MR) is 55.6 cm³/mol. The van der Waals surface area contributed by atoms with E-state index in [2.05, 4.69) is 23.8 Å². The smallest absolute Gasteiger partial charge is 0.243 e. The summed E-state index contributed by atoms with van der Waals surface area (Å²) < 4.78 is 0. The highest BCUT2D eigenvalue weighted by atomic mass is 16.2. The van der Waals surface area contributed by atoms with E-state index in [-0.39, 0.29) is 11.8 Å². The monoisotopic (exact) mass is 196 g/mol. The highest BCUT2D eigenvalue weighted by Crippen LogP contribution is 1.84. The molecule has 2 amide bonds. The number of carbonyl (C=O) groups excluding carboxylic acids is 2. The maximum Gasteiger partial charge on any atom is 0.243 e. The van der Waals surface area contributed by atoms with Gasteiger partial charge < -0.3 is 10.6 Å². The Bertz CT molecular complexity index is 200. The Kier molecular flexibility index (Phi) is 7.13. The van der Waals surface area contributed by atoms with Crippen LogP contribution in [0.5, 0.6) is 0 Å². The highest BCUT2D eigenvalue weighted by molar-refractivity contribution is 5.87. The van der Waals surface area contributed by atoms with E-state index in [0.717, 1.165) is 12.8 Å². The third-order valence-electron chi connectivity index (χ3n) is 1.57. The molecule has 0 atom stereocenters. The number of hydrogen-bond donors (Lipinski definition) is 2. The van der Waals surface area contributed by atoms with Gasteiger partial charge in [-0.15, -0.1) is 0 Å². The van der Waals surface area contributed by atoms with Gasteiger partial charge in [-0.05, 0) is 25.0 Å². The van der Waals surface area contributed by atoms with Gasteiger partial charge in [0, 0.05) is 13.1 Å². The van der Waals surface area contributed by atoms with Crippen LogP contribution >= 0.6 is 0 Å². The molecule has 78 valence electrons. The molecule has 0 heterocycles. The third-order valence-corrected chi connectivity index (χ3v) is 1.57. The summed E-state index contributed by atoms with van der Waals surface area (Å²) in [6, 6.07) is 0. The van der Waals surface area contributed by atoms with Crippen molar-refractivity contribution in [2.24, 2.45) is 0 Å². The molecule has 2 N–H and O–H groups in total. The van der Waals surface area contributed by atoms with E-state index < -0.39 is 0 Å². The zero-order valence-electron chi connectivity index (χ0n) is 8.21. The van der Waals surface area contributed by atoms with Crippen molar-refractivity contribution < 1.29 is 9.59 Å². The molecule has 0 rings (SSSR count). The second-order valence-electron chi connectivity index (χ2n) is 2.70. The Hall–Kier alpha value is -1.58. The summed E-state index contributed by atoms with van der Waals surface area (Å²) in [5, 5.41) is 5.29. The molecule has 0 saturated carbocycles. The summed E-state index contributed by atoms with van der Waals surface area (Å²) in [5.74, 6) is -0.333. The third kappa shape index (κ3) is 7.09. The Labute approximate surface area is 84.1 Å². The Morgan fingerprint density at radius 3 is 1.57 bits per heavy atom. The molecule has 0 bridgehead atoms. The Morgan fingerprint density at radius 2 is 1.29 bits per heavy atom. The lowest BCUT2D eigenvalue weighted by molar-refractivity contribution is -0.117. The van der Waals surface area contributed by atoms with Crippen LogP contribution in [0.4, 0.5) is 0 Å². The Morgan fingerprint density at radius 1 is 0.929 bits per heavy atom. The minimum atomic E-state index is -0.167. The van der Waals surface area contributed by atoms with Crippen molar-refractivity contribution in [3.63, 3.8) is 0 Å². The molecular weight excluding hydrogens is 180 g/mol. The van der Waals surface area contributed by atoms with Crippen LogP contribution in [0.25, 0.3) is 0 Å². The van der Waals surface area contributed by atoms with Crippen LogP contribution in [0.1, 0.15) is 12.8 Å². The number of rotatable bonds is 7. The molecule has 0 aliphatic heterocycles. The van der Waals surface area contributed by atoms with Gasteiger partial charge in [0.1, 0.15) is 0 Å². The van der Waals surface area contributed by atoms with Gasteiger partial charge in [-0.2, -0.15) is 0 Å². The van der Waals surface area contributed by atoms with E-state index >= 15 is 0 Å². The molecule has 0 spiro atoms. The topological polar surface area (TPSA) is 58.2 Å². The van der Waals surface area contributed by atoms with Crippen LogP contribution in [0.3, 0.4) is 0 Å². The first kappa shape index (κ1) is 12.4. The summed E-state index contributed by atoms with van der Waals surface area (Å²) in [5.41, 5.74) is 0. The molecule has 14 heavy (non-hydrogen) atoms. The van der Waals surface area contributed by atoms with Gasteiger partial charge in [-0.25, -0.2) is 0 Å². The van der Waals surface area contributed by atoms with Gasteiger partial charge in [0.15, 0.2) is 0 Å². The lowest BCUT2D eigenvalue weighted by Crippen LogP contribution is -2.25. The fraction of sp³-hybridized carbons (Fsp3) is 0.400. The first-order valence-corrected chi connectivity index (χ1v) is 4.51. The van der Waals surface area contributed by atoms with E-state index in [1.165, 1.54) is 12.2 Å². The largest absolute Gasteiger partial charge is 0.353 e. The molecule has 4 heteroatoms. The van der Waals surface area contributed by atoms with E-state index in [4.69, 9.17) is 0 Å². The zero-order chi connectivity index (χ0) is 10.8. The van der Waals surface area contributed by atoms with E-state index in [1.54, 1.807) is 0 Å². The molecule has 0 aromatic rings. The number of hydrogen-bond acceptors (Lipinski definition) is 2. The van der Waals surface area contributed by atoms with Gasteiger partial charge in [0.25, 0.3) is 0 Å². The van der Waals surface area contributed by atoms with E-state index in [0.29, 0.717) is 13.1 Å². The van der Waals surface area contributed by atoms with Gasteiger partial charge in [0.05, 0.1) is 0 Å². The fourth-order valence-corrected chi connectivity index (χ4v) is 0.818. The molecule has 0 aromatic carbocycles. The van der Waals surface area contributed by atoms with Crippen molar-refractivity contribution in [1.82, 2.24) is 10.6 Å². The summed E-state index contributed by atoms with van der Waals surface area (Å²) in [4.78, 5) is 21.4. The van der Waals surface area contributed by atoms with Gasteiger partial charge in [-0.1, -0.05) is 13.2 Å². The molecular formula is C10H16N2O2. The van der Waals surface area contributed by atoms with Crippen molar-refractivity contribution in [2.45, 2.75) is 12.8 Å². The molecule has 0 aliphatic carbocycles. The molecule has 0 aromatic heterocycles. The molecule has 0 saturated heterocycles. The maximum absolute atomic E-state index is 10.7. The van der Waals surface area contributed by atoms with Crippen LogP contribution in [0, 0.1) is 0 Å². The maximum atomic E-state index is 10.7. The lowest BCUT2D eigenvalue weighted by Gasteiger charge is -2.02. The summed E-state index contributed by atoms with van der Waals surface area (Å²) in [6.07, 6.45) is 4.13. The van der Waals surface area contributed by atoms with Crippen molar-refractivity contribution in [3.05, 3.63) is 25.3 Å². The molecule has 4 nitrogen and oxygen atoms in total. The quantitative estimate of drug-likeness (QED) is 0.456. The van der Waals surface area contributed by atoms with Gasteiger partial charge in [0.2, 0.25) is 11.8 Å². The Balaban J connectivity index is 3.21. The summed E-state index contributed by atoms with van der Waals surface area (Å²) >= 11 is 0. The average Bonchev–Trinajstić information content (AvgIpc) is 2.22. The van der Waals surface area contributed by atoms with Crippen LogP contribution < -0.4 is 10.6 Å². The number of unbranched alkanes of at least 4 members (excludes halogenated alkanes) is 1. The van der Waals surface area contributed by atoms with E-state index in [1.807, 2.05) is 0 Å². The fourth-order valence-electron chi connectivity index (χ4n) is 0.818. The van der Waals surface area contributed by atoms with Crippen LogP contribution in [0.2, 0.25) is 0 Å². The van der Waals surface area contributed by atoms with E-state index in [9.17, 15) is 9.59 Å². The van der Waals surface area contributed by atoms with Crippen LogP contribution in [-0.2, 0) is 9.59 Å². The second-order valence-corrected chi connectivity index (χ2v) is 2.70. The molecule has 0 unspecified atom stereocenters. The number of nitrogens with one attached hydrogen (secondary N) is 2. The number of amides is 2. The van der Waals surface area contributed by atoms with Crippen LogP contribution in [-0.4, -0.2) is 24.9 Å². The predicted octanol–water partition coefficient (Wildman–Crippen LogP) is 0.371. The van der Waals surface area contributed by atoms with Crippen molar-refractivity contribution >= 4 is 11.8 Å². The molecule has 0 aliphatic rings. The summed E-state index contributed by atoms with van der Waals surface area (Å²) in [6.45, 7) is 7.87. The first-order valence-electron chi connectivity index (χ1n) is 4.51. The summed E-state index contributed by atoms with van der Waals surface area (Å²) in [7, 11) is 0. The number of carbonyl (C=O) groups is 2.